The molecule has 0 fully saturated rings. The van der Waals surface area contributed by atoms with Crippen LogP contribution in [-0.4, -0.2) is 50.0 Å². The van der Waals surface area contributed by atoms with Crippen molar-refractivity contribution in [1.29, 1.82) is 0 Å². The summed E-state index contributed by atoms with van der Waals surface area (Å²) in [5, 5.41) is 13.0. The van der Waals surface area contributed by atoms with Crippen molar-refractivity contribution < 1.29 is 28.2 Å². The van der Waals surface area contributed by atoms with Gasteiger partial charge in [0.2, 0.25) is 0 Å². The molecule has 0 bridgehead atoms. The number of urea groups is 1. The fourth-order valence-electron chi connectivity index (χ4n) is 2.07. The van der Waals surface area contributed by atoms with Gasteiger partial charge in [-0.2, -0.15) is 0 Å². The van der Waals surface area contributed by atoms with Gasteiger partial charge in [-0.25, -0.2) is 13.6 Å². The van der Waals surface area contributed by atoms with E-state index >= 15 is 0 Å². The third kappa shape index (κ3) is 4.20. The number of aliphatic hydroxyl groups is 1. The number of ether oxygens (including phenoxy) is 2. The molecule has 1 aromatic rings. The number of amides is 2. The normalized spacial score (nSPS) is 17.2. The van der Waals surface area contributed by atoms with Crippen LogP contribution in [-0.2, 0) is 6.42 Å². The van der Waals surface area contributed by atoms with E-state index in [1.54, 1.807) is 19.2 Å². The van der Waals surface area contributed by atoms with Gasteiger partial charge in [0.15, 0.2) is 0 Å². The van der Waals surface area contributed by atoms with E-state index < -0.39 is 25.1 Å². The van der Waals surface area contributed by atoms with Crippen LogP contribution in [0.4, 0.5) is 13.6 Å². The van der Waals surface area contributed by atoms with Crippen molar-refractivity contribution in [2.24, 2.45) is 0 Å². The standard InChI is InChI=1S/C14H18F2N2O4/c1-21-11-3-2-9-4-10(6-22-12(9)5-11)18-13(20)17-7-14(15,16)8-19/h2-3,5,10,19H,4,6-8H2,1H3,(H2,17,18,20)/t10-/m1/s1. The van der Waals surface area contributed by atoms with Crippen LogP contribution >= 0.6 is 0 Å². The lowest BCUT2D eigenvalue weighted by Gasteiger charge is -2.26. The molecule has 2 rings (SSSR count). The van der Waals surface area contributed by atoms with Crippen LogP contribution in [0.2, 0.25) is 0 Å². The molecule has 0 unspecified atom stereocenters. The molecule has 1 atom stereocenters. The van der Waals surface area contributed by atoms with Crippen molar-refractivity contribution in [2.45, 2.75) is 18.4 Å². The van der Waals surface area contributed by atoms with E-state index in [1.807, 2.05) is 11.4 Å². The second kappa shape index (κ2) is 6.78. The van der Waals surface area contributed by atoms with Crippen LogP contribution in [0, 0.1) is 0 Å². The lowest BCUT2D eigenvalue weighted by molar-refractivity contribution is -0.0454. The number of fused-ring (bicyclic) bond motifs is 1. The first-order valence-corrected chi connectivity index (χ1v) is 6.76. The summed E-state index contributed by atoms with van der Waals surface area (Å²) in [7, 11) is 1.56. The number of nitrogens with one attached hydrogen (secondary N) is 2. The van der Waals surface area contributed by atoms with Crippen molar-refractivity contribution in [3.05, 3.63) is 23.8 Å². The Labute approximate surface area is 126 Å². The number of alkyl halides is 2. The Morgan fingerprint density at radius 3 is 3.00 bits per heavy atom. The number of halogens is 2. The molecule has 3 N–H and O–H groups in total. The maximum atomic E-state index is 12.8. The SMILES string of the molecule is COc1ccc2c(c1)OC[C@H](NC(=O)NCC(F)(F)CO)C2. The van der Waals surface area contributed by atoms with Crippen LogP contribution in [0.15, 0.2) is 18.2 Å². The molecule has 8 heteroatoms. The number of hydrogen-bond donors (Lipinski definition) is 3. The van der Waals surface area contributed by atoms with E-state index in [9.17, 15) is 13.6 Å². The predicted molar refractivity (Wildman–Crippen MR) is 74.5 cm³/mol. The first-order valence-electron chi connectivity index (χ1n) is 6.76. The summed E-state index contributed by atoms with van der Waals surface area (Å²) in [4.78, 5) is 11.6. The van der Waals surface area contributed by atoms with E-state index in [0.717, 1.165) is 5.56 Å². The molecular weight excluding hydrogens is 298 g/mol. The second-order valence-corrected chi connectivity index (χ2v) is 5.03. The van der Waals surface area contributed by atoms with E-state index in [-0.39, 0.29) is 12.6 Å². The molecule has 0 saturated heterocycles. The van der Waals surface area contributed by atoms with E-state index in [0.29, 0.717) is 17.9 Å². The van der Waals surface area contributed by atoms with Gasteiger partial charge in [-0.3, -0.25) is 0 Å². The molecule has 0 aromatic heterocycles. The number of carbonyl (C=O) groups excluding carboxylic acids is 1. The van der Waals surface area contributed by atoms with Crippen molar-refractivity contribution in [3.8, 4) is 11.5 Å². The van der Waals surface area contributed by atoms with Gasteiger partial charge in [-0.05, 0) is 18.1 Å². The molecule has 1 heterocycles. The van der Waals surface area contributed by atoms with Crippen LogP contribution in [0.3, 0.4) is 0 Å². The van der Waals surface area contributed by atoms with Gasteiger partial charge in [-0.15, -0.1) is 0 Å². The minimum Gasteiger partial charge on any atom is -0.497 e. The van der Waals surface area contributed by atoms with Crippen molar-refractivity contribution in [2.75, 3.05) is 26.9 Å². The van der Waals surface area contributed by atoms with Gasteiger partial charge in [0.05, 0.1) is 19.7 Å². The molecule has 0 spiro atoms. The van der Waals surface area contributed by atoms with Gasteiger partial charge < -0.3 is 25.2 Å². The van der Waals surface area contributed by atoms with Crippen LogP contribution in [0.5, 0.6) is 11.5 Å². The quantitative estimate of drug-likeness (QED) is 0.755. The zero-order valence-corrected chi connectivity index (χ0v) is 12.1. The van der Waals surface area contributed by atoms with Gasteiger partial charge in [0.1, 0.15) is 24.7 Å². The molecule has 1 aromatic carbocycles. The summed E-state index contributed by atoms with van der Waals surface area (Å²) < 4.78 is 36.3. The summed E-state index contributed by atoms with van der Waals surface area (Å²) >= 11 is 0. The van der Waals surface area contributed by atoms with Crippen LogP contribution < -0.4 is 20.1 Å². The Bertz CT molecular complexity index is 540. The Balaban J connectivity index is 1.86. The largest absolute Gasteiger partial charge is 0.497 e. The number of aliphatic hydroxyl groups excluding tert-OH is 1. The highest BCUT2D eigenvalue weighted by atomic mass is 19.3. The van der Waals surface area contributed by atoms with Crippen molar-refractivity contribution in [1.82, 2.24) is 10.6 Å². The smallest absolute Gasteiger partial charge is 0.315 e. The molecule has 2 amide bonds. The first kappa shape index (κ1) is 16.3. The number of methoxy groups -OCH3 is 1. The third-order valence-electron chi connectivity index (χ3n) is 3.25. The lowest BCUT2D eigenvalue weighted by atomic mass is 10.0. The molecule has 0 aliphatic carbocycles. The van der Waals surface area contributed by atoms with Crippen LogP contribution in [0.1, 0.15) is 5.56 Å². The number of rotatable bonds is 5. The van der Waals surface area contributed by atoms with E-state index in [2.05, 4.69) is 5.32 Å². The third-order valence-corrected chi connectivity index (χ3v) is 3.25. The van der Waals surface area contributed by atoms with Crippen molar-refractivity contribution in [3.63, 3.8) is 0 Å². The fraction of sp³-hybridized carbons (Fsp3) is 0.500. The summed E-state index contributed by atoms with van der Waals surface area (Å²) in [6.45, 7) is -1.99. The van der Waals surface area contributed by atoms with Gasteiger partial charge in [-0.1, -0.05) is 6.07 Å². The molecule has 0 saturated carbocycles. The molecule has 6 nitrogen and oxygen atoms in total. The highest BCUT2D eigenvalue weighted by molar-refractivity contribution is 5.74. The number of hydrogen-bond acceptors (Lipinski definition) is 4. The van der Waals surface area contributed by atoms with Gasteiger partial charge in [0.25, 0.3) is 5.92 Å². The van der Waals surface area contributed by atoms with E-state index in [4.69, 9.17) is 14.6 Å². The highest BCUT2D eigenvalue weighted by Crippen LogP contribution is 2.28. The first-order chi connectivity index (χ1) is 10.4. The predicted octanol–water partition coefficient (Wildman–Crippen LogP) is 0.925. The monoisotopic (exact) mass is 316 g/mol. The summed E-state index contributed by atoms with van der Waals surface area (Å²) in [5.74, 6) is -1.97. The topological polar surface area (TPSA) is 79.8 Å². The zero-order chi connectivity index (χ0) is 16.2. The molecular formula is C14H18F2N2O4. The Kier molecular flexibility index (Phi) is 5.02. The molecule has 1 aliphatic rings. The highest BCUT2D eigenvalue weighted by Gasteiger charge is 2.29. The number of benzene rings is 1. The zero-order valence-electron chi connectivity index (χ0n) is 12.1. The number of carbonyl (C=O) groups is 1. The Morgan fingerprint density at radius 2 is 2.32 bits per heavy atom. The Morgan fingerprint density at radius 1 is 1.55 bits per heavy atom. The maximum absolute atomic E-state index is 12.8. The Hall–Kier alpha value is -2.09. The van der Waals surface area contributed by atoms with Gasteiger partial charge >= 0.3 is 6.03 Å². The summed E-state index contributed by atoms with van der Waals surface area (Å²) in [6.07, 6.45) is 0.531. The summed E-state index contributed by atoms with van der Waals surface area (Å²) in [5.41, 5.74) is 0.901. The van der Waals surface area contributed by atoms with E-state index in [1.165, 1.54) is 0 Å². The average molecular weight is 316 g/mol. The van der Waals surface area contributed by atoms with Gasteiger partial charge in [0, 0.05) is 6.07 Å². The minimum atomic E-state index is -3.33. The molecule has 0 radical (unpaired) electrons. The lowest BCUT2D eigenvalue weighted by Crippen LogP contribution is -2.50. The molecule has 1 aliphatic heterocycles. The molecule has 122 valence electrons. The average Bonchev–Trinajstić information content (AvgIpc) is 2.52. The van der Waals surface area contributed by atoms with Crippen LogP contribution in [0.25, 0.3) is 0 Å². The second-order valence-electron chi connectivity index (χ2n) is 5.03. The maximum Gasteiger partial charge on any atom is 0.315 e. The summed E-state index contributed by atoms with van der Waals surface area (Å²) in [6, 6.07) is 4.34. The minimum absolute atomic E-state index is 0.240. The molecule has 22 heavy (non-hydrogen) atoms. The fourth-order valence-corrected chi connectivity index (χ4v) is 2.07. The van der Waals surface area contributed by atoms with Crippen molar-refractivity contribution >= 4 is 6.03 Å².